The van der Waals surface area contributed by atoms with Crippen LogP contribution in [0.15, 0.2) is 18.5 Å². The maximum atomic E-state index is 2.29. The van der Waals surface area contributed by atoms with Crippen LogP contribution in [0.2, 0.25) is 0 Å². The molecule has 0 aromatic carbocycles. The molecule has 65 valence electrons. The van der Waals surface area contributed by atoms with E-state index in [0.29, 0.717) is 0 Å². The molecule has 1 aromatic heterocycles. The van der Waals surface area contributed by atoms with Crippen molar-refractivity contribution in [3.63, 3.8) is 0 Å². The van der Waals surface area contributed by atoms with Crippen molar-refractivity contribution in [2.75, 3.05) is 11.6 Å². The molecular formula is C10H15N2. The maximum Gasteiger partial charge on any atom is 0.0674 e. The molecule has 1 saturated heterocycles. The van der Waals surface area contributed by atoms with Crippen molar-refractivity contribution in [2.45, 2.75) is 26.2 Å². The van der Waals surface area contributed by atoms with Crippen LogP contribution >= 0.6 is 0 Å². The maximum absolute atomic E-state index is 2.29. The molecule has 0 unspecified atom stereocenters. The van der Waals surface area contributed by atoms with E-state index >= 15 is 0 Å². The fraction of sp³-hybridized carbons (Fsp3) is 0.500. The molecule has 1 radical (unpaired) electrons. The van der Waals surface area contributed by atoms with Gasteiger partial charge in [0.2, 0.25) is 0 Å². The fourth-order valence-electron chi connectivity index (χ4n) is 1.61. The van der Waals surface area contributed by atoms with Gasteiger partial charge in [-0.1, -0.05) is 0 Å². The first-order valence-electron chi connectivity index (χ1n) is 4.61. The molecular weight excluding hydrogens is 148 g/mol. The summed E-state index contributed by atoms with van der Waals surface area (Å²) in [5, 5.41) is 2.29. The molecule has 0 amide bonds. The average molecular weight is 163 g/mol. The molecule has 0 bridgehead atoms. The molecule has 1 aliphatic heterocycles. The minimum atomic E-state index is 1.16. The van der Waals surface area contributed by atoms with Gasteiger partial charge in [-0.25, -0.2) is 0 Å². The standard InChI is InChI=1S/C10H15N2/c1-10-5-8-12(9-10)11-6-3-2-4-7-11/h5-6,8-9H,2-4,7H2,1H3. The molecule has 2 heteroatoms. The van der Waals surface area contributed by atoms with Crippen molar-refractivity contribution >= 4 is 0 Å². The molecule has 2 heterocycles. The van der Waals surface area contributed by atoms with E-state index in [0.717, 1.165) is 6.54 Å². The molecule has 2 nitrogen and oxygen atoms in total. The molecule has 1 fully saturated rings. The third kappa shape index (κ3) is 1.47. The first kappa shape index (κ1) is 7.71. The zero-order valence-corrected chi connectivity index (χ0v) is 7.53. The topological polar surface area (TPSA) is 8.17 Å². The van der Waals surface area contributed by atoms with Gasteiger partial charge in [0.1, 0.15) is 0 Å². The second-order valence-corrected chi connectivity index (χ2v) is 3.41. The molecule has 0 atom stereocenters. The Morgan fingerprint density at radius 2 is 2.25 bits per heavy atom. The lowest BCUT2D eigenvalue weighted by Gasteiger charge is -2.28. The van der Waals surface area contributed by atoms with Gasteiger partial charge in [-0.3, -0.25) is 4.68 Å². The molecule has 12 heavy (non-hydrogen) atoms. The molecule has 1 aromatic rings. The SMILES string of the molecule is Cc1ccn(N2[CH]CCCC2)c1. The van der Waals surface area contributed by atoms with Crippen LogP contribution in [0.4, 0.5) is 0 Å². The minimum Gasteiger partial charge on any atom is -0.308 e. The van der Waals surface area contributed by atoms with Crippen LogP contribution in [0.3, 0.4) is 0 Å². The van der Waals surface area contributed by atoms with Crippen molar-refractivity contribution in [1.29, 1.82) is 0 Å². The van der Waals surface area contributed by atoms with Crippen molar-refractivity contribution in [3.8, 4) is 0 Å². The van der Waals surface area contributed by atoms with E-state index in [9.17, 15) is 0 Å². The monoisotopic (exact) mass is 163 g/mol. The van der Waals surface area contributed by atoms with E-state index in [2.05, 4.69) is 41.6 Å². The van der Waals surface area contributed by atoms with Crippen molar-refractivity contribution in [3.05, 3.63) is 30.6 Å². The van der Waals surface area contributed by atoms with E-state index in [4.69, 9.17) is 0 Å². The Morgan fingerprint density at radius 3 is 2.83 bits per heavy atom. The van der Waals surface area contributed by atoms with E-state index in [1.54, 1.807) is 0 Å². The number of aryl methyl sites for hydroxylation is 1. The first-order valence-corrected chi connectivity index (χ1v) is 4.61. The van der Waals surface area contributed by atoms with Crippen LogP contribution in [0.5, 0.6) is 0 Å². The van der Waals surface area contributed by atoms with Gasteiger partial charge in [0.25, 0.3) is 0 Å². The highest BCUT2D eigenvalue weighted by Crippen LogP contribution is 2.12. The summed E-state index contributed by atoms with van der Waals surface area (Å²) in [5.41, 5.74) is 1.33. The zero-order chi connectivity index (χ0) is 8.39. The third-order valence-electron chi connectivity index (χ3n) is 2.30. The highest BCUT2D eigenvalue weighted by molar-refractivity contribution is 5.11. The van der Waals surface area contributed by atoms with Crippen molar-refractivity contribution < 1.29 is 0 Å². The number of aromatic nitrogens is 1. The Kier molecular flexibility index (Phi) is 2.07. The molecule has 1 aliphatic rings. The summed E-state index contributed by atoms with van der Waals surface area (Å²) in [6, 6.07) is 2.14. The molecule has 0 N–H and O–H groups in total. The lowest BCUT2D eigenvalue weighted by Crippen LogP contribution is -2.34. The zero-order valence-electron chi connectivity index (χ0n) is 7.53. The van der Waals surface area contributed by atoms with Gasteiger partial charge in [0.15, 0.2) is 0 Å². The van der Waals surface area contributed by atoms with Crippen LogP contribution in [-0.2, 0) is 0 Å². The van der Waals surface area contributed by atoms with Crippen LogP contribution in [0, 0.1) is 13.5 Å². The van der Waals surface area contributed by atoms with Gasteiger partial charge in [0, 0.05) is 18.9 Å². The Labute approximate surface area is 73.8 Å². The Bertz CT molecular complexity index is 246. The van der Waals surface area contributed by atoms with Crippen molar-refractivity contribution in [2.24, 2.45) is 0 Å². The van der Waals surface area contributed by atoms with Crippen LogP contribution in [0.25, 0.3) is 0 Å². The van der Waals surface area contributed by atoms with E-state index in [1.165, 1.54) is 24.8 Å². The number of nitrogens with zero attached hydrogens (tertiary/aromatic N) is 2. The lowest BCUT2D eigenvalue weighted by molar-refractivity contribution is 0.530. The summed E-state index contributed by atoms with van der Waals surface area (Å²) >= 11 is 0. The molecule has 0 spiro atoms. The predicted molar refractivity (Wildman–Crippen MR) is 50.4 cm³/mol. The summed E-state index contributed by atoms with van der Waals surface area (Å²) in [4.78, 5) is 0. The smallest absolute Gasteiger partial charge is 0.0674 e. The van der Waals surface area contributed by atoms with E-state index < -0.39 is 0 Å². The first-order chi connectivity index (χ1) is 5.86. The largest absolute Gasteiger partial charge is 0.308 e. The van der Waals surface area contributed by atoms with Gasteiger partial charge in [-0.05, 0) is 37.8 Å². The number of rotatable bonds is 1. The predicted octanol–water partition coefficient (Wildman–Crippen LogP) is 2.08. The number of hydrogen-bond acceptors (Lipinski definition) is 1. The number of piperidine rings is 1. The Balaban J connectivity index is 2.08. The summed E-state index contributed by atoms with van der Waals surface area (Å²) < 4.78 is 2.18. The van der Waals surface area contributed by atoms with E-state index in [-0.39, 0.29) is 0 Å². The third-order valence-corrected chi connectivity index (χ3v) is 2.30. The summed E-state index contributed by atoms with van der Waals surface area (Å²) in [5.74, 6) is 0. The average Bonchev–Trinajstić information content (AvgIpc) is 2.54. The highest BCUT2D eigenvalue weighted by atomic mass is 15.5. The highest BCUT2D eigenvalue weighted by Gasteiger charge is 2.09. The van der Waals surface area contributed by atoms with Gasteiger partial charge >= 0.3 is 0 Å². The van der Waals surface area contributed by atoms with Crippen LogP contribution < -0.4 is 5.01 Å². The van der Waals surface area contributed by atoms with Gasteiger partial charge in [-0.15, -0.1) is 0 Å². The van der Waals surface area contributed by atoms with E-state index in [1.807, 2.05) is 0 Å². The van der Waals surface area contributed by atoms with Gasteiger partial charge < -0.3 is 5.01 Å². The summed E-state index contributed by atoms with van der Waals surface area (Å²) in [6.45, 7) is 5.57. The Morgan fingerprint density at radius 1 is 1.33 bits per heavy atom. The summed E-state index contributed by atoms with van der Waals surface area (Å²) in [6.07, 6.45) is 8.17. The molecule has 2 rings (SSSR count). The van der Waals surface area contributed by atoms with Crippen LogP contribution in [0.1, 0.15) is 24.8 Å². The molecule has 0 aliphatic carbocycles. The fourth-order valence-corrected chi connectivity index (χ4v) is 1.61. The minimum absolute atomic E-state index is 1.16. The summed E-state index contributed by atoms with van der Waals surface area (Å²) in [7, 11) is 0. The van der Waals surface area contributed by atoms with Gasteiger partial charge in [0.05, 0.1) is 6.54 Å². The normalized spacial score (nSPS) is 18.2. The lowest BCUT2D eigenvalue weighted by atomic mass is 10.2. The second-order valence-electron chi connectivity index (χ2n) is 3.41. The quantitative estimate of drug-likeness (QED) is 0.615. The Hall–Kier alpha value is -0.920. The molecule has 0 saturated carbocycles. The van der Waals surface area contributed by atoms with Crippen LogP contribution in [-0.4, -0.2) is 11.2 Å². The second kappa shape index (κ2) is 3.21. The number of hydrogen-bond donors (Lipinski definition) is 0. The van der Waals surface area contributed by atoms with Crippen molar-refractivity contribution in [1.82, 2.24) is 4.68 Å². The van der Waals surface area contributed by atoms with Gasteiger partial charge in [-0.2, -0.15) is 0 Å².